The van der Waals surface area contributed by atoms with E-state index >= 15 is 0 Å². The second-order valence-corrected chi connectivity index (χ2v) is 5.00. The number of aryl methyl sites for hydroxylation is 1. The van der Waals surface area contributed by atoms with Crippen LogP contribution in [0.2, 0.25) is 0 Å². The lowest BCUT2D eigenvalue weighted by atomic mass is 10.6. The van der Waals surface area contributed by atoms with Crippen LogP contribution in [0.25, 0.3) is 0 Å². The molecule has 1 aromatic rings. The van der Waals surface area contributed by atoms with Crippen molar-refractivity contribution in [2.45, 2.75) is 26.9 Å². The molecule has 6 heteroatoms. The summed E-state index contributed by atoms with van der Waals surface area (Å²) in [5, 5.41) is 0. The van der Waals surface area contributed by atoms with Gasteiger partial charge in [0.05, 0.1) is 19.4 Å². The molecule has 0 aliphatic rings. The van der Waals surface area contributed by atoms with Gasteiger partial charge in [-0.15, -0.1) is 0 Å². The maximum absolute atomic E-state index is 12.1. The van der Waals surface area contributed by atoms with Crippen LogP contribution < -0.4 is 0 Å². The summed E-state index contributed by atoms with van der Waals surface area (Å²) in [5.41, 5.74) is 0. The minimum absolute atomic E-state index is 0.134. The van der Waals surface area contributed by atoms with Crippen molar-refractivity contribution in [1.29, 1.82) is 0 Å². The molecular formula is C9H16NO4P. The fourth-order valence-electron chi connectivity index (χ4n) is 1.19. The zero-order valence-corrected chi connectivity index (χ0v) is 10.1. The number of oxazole rings is 1. The highest BCUT2D eigenvalue weighted by Crippen LogP contribution is 2.51. The van der Waals surface area contributed by atoms with Gasteiger partial charge in [-0.1, -0.05) is 0 Å². The molecule has 0 fully saturated rings. The van der Waals surface area contributed by atoms with Crippen molar-refractivity contribution in [1.82, 2.24) is 4.98 Å². The molecular weight excluding hydrogens is 217 g/mol. The van der Waals surface area contributed by atoms with E-state index in [-0.39, 0.29) is 6.16 Å². The molecule has 0 N–H and O–H groups in total. The van der Waals surface area contributed by atoms with Crippen molar-refractivity contribution in [3.8, 4) is 0 Å². The predicted molar refractivity (Wildman–Crippen MR) is 55.8 cm³/mol. The van der Waals surface area contributed by atoms with E-state index in [2.05, 4.69) is 4.98 Å². The largest absolute Gasteiger partial charge is 0.445 e. The molecule has 0 spiro atoms. The average molecular weight is 233 g/mol. The van der Waals surface area contributed by atoms with Crippen LogP contribution in [-0.4, -0.2) is 18.2 Å². The van der Waals surface area contributed by atoms with Gasteiger partial charge in [0, 0.05) is 6.92 Å². The van der Waals surface area contributed by atoms with Gasteiger partial charge in [0.15, 0.2) is 5.89 Å². The Morgan fingerprint density at radius 1 is 1.40 bits per heavy atom. The Bertz CT molecular complexity index is 340. The summed E-state index contributed by atoms with van der Waals surface area (Å²) in [4.78, 5) is 3.92. The topological polar surface area (TPSA) is 61.6 Å². The average Bonchev–Trinajstić information content (AvgIpc) is 2.51. The Morgan fingerprint density at radius 3 is 2.40 bits per heavy atom. The van der Waals surface area contributed by atoms with Gasteiger partial charge in [0.25, 0.3) is 0 Å². The zero-order chi connectivity index (χ0) is 11.3. The van der Waals surface area contributed by atoms with E-state index in [0.717, 1.165) is 0 Å². The number of hydrogen-bond donors (Lipinski definition) is 0. The van der Waals surface area contributed by atoms with Crippen LogP contribution in [0.1, 0.15) is 25.5 Å². The molecule has 0 aliphatic carbocycles. The summed E-state index contributed by atoms with van der Waals surface area (Å²) in [6.45, 7) is 5.99. The lowest BCUT2D eigenvalue weighted by Gasteiger charge is -2.15. The third kappa shape index (κ3) is 3.78. The van der Waals surface area contributed by atoms with Crippen LogP contribution in [0.5, 0.6) is 0 Å². The van der Waals surface area contributed by atoms with Gasteiger partial charge in [-0.25, -0.2) is 4.98 Å². The number of hydrogen-bond acceptors (Lipinski definition) is 5. The van der Waals surface area contributed by atoms with E-state index < -0.39 is 7.60 Å². The fourth-order valence-corrected chi connectivity index (χ4v) is 2.76. The molecule has 0 aliphatic heterocycles. The Balaban J connectivity index is 2.70. The Labute approximate surface area is 89.3 Å². The molecule has 1 heterocycles. The van der Waals surface area contributed by atoms with Crippen molar-refractivity contribution in [2.24, 2.45) is 0 Å². The van der Waals surface area contributed by atoms with Crippen LogP contribution in [0, 0.1) is 6.92 Å². The van der Waals surface area contributed by atoms with E-state index in [9.17, 15) is 4.57 Å². The van der Waals surface area contributed by atoms with Crippen molar-refractivity contribution in [3.05, 3.63) is 17.8 Å². The SMILES string of the molecule is CCOP(=O)(Cc1cnc(C)o1)OCC. The molecule has 1 aromatic heterocycles. The molecule has 0 unspecified atom stereocenters. The van der Waals surface area contributed by atoms with E-state index in [0.29, 0.717) is 24.9 Å². The summed E-state index contributed by atoms with van der Waals surface area (Å²) in [7, 11) is -3.06. The second-order valence-electron chi connectivity index (χ2n) is 2.95. The summed E-state index contributed by atoms with van der Waals surface area (Å²) >= 11 is 0. The molecule has 86 valence electrons. The Hall–Kier alpha value is -0.640. The maximum Gasteiger partial charge on any atom is 0.338 e. The minimum Gasteiger partial charge on any atom is -0.445 e. The summed E-state index contributed by atoms with van der Waals surface area (Å²) in [6, 6.07) is 0. The van der Waals surface area contributed by atoms with Gasteiger partial charge in [0.2, 0.25) is 0 Å². The smallest absolute Gasteiger partial charge is 0.338 e. The van der Waals surface area contributed by atoms with E-state index in [1.165, 1.54) is 0 Å². The van der Waals surface area contributed by atoms with Crippen LogP contribution in [0.15, 0.2) is 10.6 Å². The van der Waals surface area contributed by atoms with Crippen molar-refractivity contribution < 1.29 is 18.0 Å². The Morgan fingerprint density at radius 2 is 2.00 bits per heavy atom. The summed E-state index contributed by atoms with van der Waals surface area (Å²) in [6.07, 6.45) is 1.68. The lowest BCUT2D eigenvalue weighted by Crippen LogP contribution is -1.98. The monoisotopic (exact) mass is 233 g/mol. The summed E-state index contributed by atoms with van der Waals surface area (Å²) < 4.78 is 27.5. The van der Waals surface area contributed by atoms with Crippen LogP contribution in [0.3, 0.4) is 0 Å². The zero-order valence-electron chi connectivity index (χ0n) is 9.23. The van der Waals surface area contributed by atoms with Gasteiger partial charge >= 0.3 is 7.60 Å². The van der Waals surface area contributed by atoms with Crippen LogP contribution in [-0.2, 0) is 19.8 Å². The molecule has 0 aromatic carbocycles. The third-order valence-corrected chi connectivity index (χ3v) is 3.67. The van der Waals surface area contributed by atoms with Gasteiger partial charge in [-0.2, -0.15) is 0 Å². The van der Waals surface area contributed by atoms with Gasteiger partial charge in [-0.05, 0) is 13.8 Å². The molecule has 0 atom stereocenters. The van der Waals surface area contributed by atoms with E-state index in [1.54, 1.807) is 27.0 Å². The van der Waals surface area contributed by atoms with Gasteiger partial charge < -0.3 is 13.5 Å². The normalized spacial score (nSPS) is 11.9. The first-order chi connectivity index (χ1) is 7.09. The molecule has 15 heavy (non-hydrogen) atoms. The first-order valence-electron chi connectivity index (χ1n) is 4.89. The van der Waals surface area contributed by atoms with Crippen LogP contribution in [0.4, 0.5) is 0 Å². The molecule has 0 saturated carbocycles. The van der Waals surface area contributed by atoms with Crippen LogP contribution >= 0.6 is 7.60 Å². The Kier molecular flexibility index (Phi) is 4.51. The van der Waals surface area contributed by atoms with Crippen molar-refractivity contribution in [2.75, 3.05) is 13.2 Å². The quantitative estimate of drug-likeness (QED) is 0.707. The first kappa shape index (κ1) is 12.4. The second kappa shape index (κ2) is 5.45. The van der Waals surface area contributed by atoms with Gasteiger partial charge in [-0.3, -0.25) is 4.57 Å². The first-order valence-corrected chi connectivity index (χ1v) is 6.62. The highest BCUT2D eigenvalue weighted by molar-refractivity contribution is 7.53. The number of rotatable bonds is 6. The molecule has 5 nitrogen and oxygen atoms in total. The number of nitrogens with zero attached hydrogens (tertiary/aromatic N) is 1. The predicted octanol–water partition coefficient (Wildman–Crippen LogP) is 2.75. The molecule has 0 bridgehead atoms. The van der Waals surface area contributed by atoms with Crippen molar-refractivity contribution in [3.63, 3.8) is 0 Å². The molecule has 0 saturated heterocycles. The summed E-state index contributed by atoms with van der Waals surface area (Å²) in [5.74, 6) is 1.07. The molecule has 1 rings (SSSR count). The number of aromatic nitrogens is 1. The third-order valence-electron chi connectivity index (χ3n) is 1.67. The minimum atomic E-state index is -3.06. The molecule has 0 radical (unpaired) electrons. The van der Waals surface area contributed by atoms with Gasteiger partial charge in [0.1, 0.15) is 11.9 Å². The van der Waals surface area contributed by atoms with E-state index in [4.69, 9.17) is 13.5 Å². The standard InChI is InChI=1S/C9H16NO4P/c1-4-12-15(11,13-5-2)7-9-6-10-8(3)14-9/h6H,4-5,7H2,1-3H3. The van der Waals surface area contributed by atoms with E-state index in [1.807, 2.05) is 0 Å². The van der Waals surface area contributed by atoms with Crippen molar-refractivity contribution >= 4 is 7.60 Å². The molecule has 0 amide bonds. The highest BCUT2D eigenvalue weighted by Gasteiger charge is 2.25. The lowest BCUT2D eigenvalue weighted by molar-refractivity contribution is 0.217. The maximum atomic E-state index is 12.1. The highest BCUT2D eigenvalue weighted by atomic mass is 31.2. The fraction of sp³-hybridized carbons (Fsp3) is 0.667.